The van der Waals surface area contributed by atoms with E-state index in [2.05, 4.69) is 22.7 Å². The molecule has 0 aliphatic heterocycles. The number of nitrogens with zero attached hydrogens (tertiary/aromatic N) is 1. The molecule has 92 valence electrons. The molecule has 7 heteroatoms. The lowest BCUT2D eigenvalue weighted by molar-refractivity contribution is -0.157. The van der Waals surface area contributed by atoms with Crippen LogP contribution in [-0.4, -0.2) is 55.2 Å². The normalized spacial score (nSPS) is 13.6. The monoisotopic (exact) mass is 248 g/mol. The highest BCUT2D eigenvalue weighted by atomic mass is 32.1. The molecule has 0 saturated carbocycles. The van der Waals surface area contributed by atoms with E-state index in [0.29, 0.717) is 0 Å². The number of thiol groups is 1. The molecule has 0 saturated heterocycles. The number of esters is 1. The number of methoxy groups -OCH3 is 1. The van der Waals surface area contributed by atoms with Gasteiger partial charge in [-0.25, -0.2) is 4.79 Å². The molecule has 0 aromatic heterocycles. The number of hydrogen-bond donors (Lipinski definition) is 2. The van der Waals surface area contributed by atoms with E-state index >= 15 is 0 Å². The highest BCUT2D eigenvalue weighted by Gasteiger charge is 2.48. The molecule has 0 spiro atoms. The molecule has 1 atom stereocenters. The van der Waals surface area contributed by atoms with Crippen LogP contribution in [0.5, 0.6) is 0 Å². The highest BCUT2D eigenvalue weighted by Crippen LogP contribution is 2.13. The Morgan fingerprint density at radius 2 is 1.88 bits per heavy atom. The Bertz CT molecular complexity index is 306. The van der Waals surface area contributed by atoms with E-state index in [4.69, 9.17) is 0 Å². The van der Waals surface area contributed by atoms with Gasteiger partial charge in [-0.15, -0.1) is 0 Å². The Morgan fingerprint density at radius 1 is 1.38 bits per heavy atom. The summed E-state index contributed by atoms with van der Waals surface area (Å²) in [7, 11) is 4.10. The van der Waals surface area contributed by atoms with E-state index in [1.807, 2.05) is 0 Å². The standard InChI is InChI=1S/C9H16N2O4S/c1-6(12)10-9(5-16,8(14)15-4)7(13)11(2)3/h16H,5H2,1-4H3,(H,10,12)/t9-/m1/s1. The van der Waals surface area contributed by atoms with Crippen LogP contribution in [0.2, 0.25) is 0 Å². The summed E-state index contributed by atoms with van der Waals surface area (Å²) in [6, 6.07) is 0. The summed E-state index contributed by atoms with van der Waals surface area (Å²) in [6.45, 7) is 1.21. The van der Waals surface area contributed by atoms with Crippen LogP contribution in [0.3, 0.4) is 0 Å². The van der Waals surface area contributed by atoms with Crippen LogP contribution in [0.25, 0.3) is 0 Å². The minimum absolute atomic E-state index is 0.170. The van der Waals surface area contributed by atoms with Gasteiger partial charge in [0.05, 0.1) is 7.11 Å². The number of carbonyl (C=O) groups excluding carboxylic acids is 3. The predicted octanol–water partition coefficient (Wildman–Crippen LogP) is -0.948. The van der Waals surface area contributed by atoms with Gasteiger partial charge in [0, 0.05) is 26.8 Å². The van der Waals surface area contributed by atoms with Gasteiger partial charge in [-0.05, 0) is 0 Å². The Labute approximate surface area is 99.7 Å². The summed E-state index contributed by atoms with van der Waals surface area (Å²) in [5.41, 5.74) is -1.76. The molecule has 0 aromatic rings. The van der Waals surface area contributed by atoms with E-state index in [0.717, 1.165) is 7.11 Å². The predicted molar refractivity (Wildman–Crippen MR) is 61.1 cm³/mol. The molecular formula is C9H16N2O4S. The Hall–Kier alpha value is -1.24. The van der Waals surface area contributed by atoms with E-state index in [9.17, 15) is 14.4 Å². The molecular weight excluding hydrogens is 232 g/mol. The zero-order valence-corrected chi connectivity index (χ0v) is 10.6. The molecule has 0 aliphatic rings. The average molecular weight is 248 g/mol. The molecule has 0 heterocycles. The molecule has 0 aromatic carbocycles. The van der Waals surface area contributed by atoms with Crippen molar-refractivity contribution in [2.24, 2.45) is 0 Å². The SMILES string of the molecule is COC(=O)[C@](CS)(NC(C)=O)C(=O)N(C)C. The number of ether oxygens (including phenoxy) is 1. The Kier molecular flexibility index (Phi) is 5.29. The number of likely N-dealkylation sites (N-methyl/N-ethyl adjacent to an activating group) is 1. The van der Waals surface area contributed by atoms with Gasteiger partial charge >= 0.3 is 5.97 Å². The molecule has 0 bridgehead atoms. The van der Waals surface area contributed by atoms with Crippen molar-refractivity contribution in [1.82, 2.24) is 10.2 Å². The molecule has 16 heavy (non-hydrogen) atoms. The fourth-order valence-electron chi connectivity index (χ4n) is 1.22. The van der Waals surface area contributed by atoms with Crippen LogP contribution >= 0.6 is 12.6 Å². The van der Waals surface area contributed by atoms with Gasteiger partial charge in [-0.3, -0.25) is 9.59 Å². The van der Waals surface area contributed by atoms with Crippen molar-refractivity contribution < 1.29 is 19.1 Å². The second-order valence-electron chi connectivity index (χ2n) is 3.44. The van der Waals surface area contributed by atoms with Crippen molar-refractivity contribution in [2.45, 2.75) is 12.5 Å². The molecule has 0 unspecified atom stereocenters. The molecule has 0 rings (SSSR count). The van der Waals surface area contributed by atoms with Crippen molar-refractivity contribution in [2.75, 3.05) is 27.0 Å². The summed E-state index contributed by atoms with van der Waals surface area (Å²) < 4.78 is 4.53. The fourth-order valence-corrected chi connectivity index (χ4v) is 1.56. The lowest BCUT2D eigenvalue weighted by atomic mass is 10.0. The first-order valence-corrected chi connectivity index (χ1v) is 5.15. The maximum Gasteiger partial charge on any atom is 0.342 e. The lowest BCUT2D eigenvalue weighted by Crippen LogP contribution is -2.64. The third-order valence-corrected chi connectivity index (χ3v) is 2.41. The first kappa shape index (κ1) is 14.8. The van der Waals surface area contributed by atoms with Crippen molar-refractivity contribution in [1.29, 1.82) is 0 Å². The van der Waals surface area contributed by atoms with Crippen LogP contribution in [0.1, 0.15) is 6.92 Å². The maximum atomic E-state index is 11.9. The largest absolute Gasteiger partial charge is 0.467 e. The zero-order valence-electron chi connectivity index (χ0n) is 9.73. The van der Waals surface area contributed by atoms with Gasteiger partial charge in [-0.2, -0.15) is 12.6 Å². The quantitative estimate of drug-likeness (QED) is 0.382. The number of rotatable bonds is 4. The van der Waals surface area contributed by atoms with Gasteiger partial charge in [-0.1, -0.05) is 0 Å². The smallest absolute Gasteiger partial charge is 0.342 e. The third-order valence-electron chi connectivity index (χ3n) is 1.93. The highest BCUT2D eigenvalue weighted by molar-refractivity contribution is 7.80. The lowest BCUT2D eigenvalue weighted by Gasteiger charge is -2.30. The number of nitrogens with one attached hydrogen (secondary N) is 1. The topological polar surface area (TPSA) is 75.7 Å². The number of hydrogen-bond acceptors (Lipinski definition) is 5. The minimum atomic E-state index is -1.76. The molecule has 0 radical (unpaired) electrons. The van der Waals surface area contributed by atoms with Crippen LogP contribution in [0.15, 0.2) is 0 Å². The fraction of sp³-hybridized carbons (Fsp3) is 0.667. The van der Waals surface area contributed by atoms with Crippen LogP contribution < -0.4 is 5.32 Å². The van der Waals surface area contributed by atoms with Crippen molar-refractivity contribution in [3.63, 3.8) is 0 Å². The van der Waals surface area contributed by atoms with Crippen molar-refractivity contribution in [3.8, 4) is 0 Å². The average Bonchev–Trinajstić information content (AvgIpc) is 2.23. The molecule has 2 amide bonds. The summed E-state index contributed by atoms with van der Waals surface area (Å²) in [5, 5.41) is 2.29. The number of carbonyl (C=O) groups is 3. The first-order chi connectivity index (χ1) is 7.31. The van der Waals surface area contributed by atoms with Gasteiger partial charge in [0.15, 0.2) is 0 Å². The molecule has 1 N–H and O–H groups in total. The Balaban J connectivity index is 5.35. The van der Waals surface area contributed by atoms with Crippen molar-refractivity contribution in [3.05, 3.63) is 0 Å². The molecule has 0 fully saturated rings. The Morgan fingerprint density at radius 3 is 2.12 bits per heavy atom. The second-order valence-corrected chi connectivity index (χ2v) is 3.75. The zero-order chi connectivity index (χ0) is 12.9. The van der Waals surface area contributed by atoms with E-state index in [1.54, 1.807) is 0 Å². The maximum absolute atomic E-state index is 11.9. The first-order valence-electron chi connectivity index (χ1n) is 4.51. The second kappa shape index (κ2) is 5.74. The van der Waals surface area contributed by atoms with E-state index < -0.39 is 23.3 Å². The van der Waals surface area contributed by atoms with Gasteiger partial charge < -0.3 is 15.0 Å². The summed E-state index contributed by atoms with van der Waals surface area (Å²) in [6.07, 6.45) is 0. The van der Waals surface area contributed by atoms with Gasteiger partial charge in [0.1, 0.15) is 0 Å². The van der Waals surface area contributed by atoms with Gasteiger partial charge in [0.25, 0.3) is 5.91 Å². The summed E-state index contributed by atoms with van der Waals surface area (Å²) in [5.74, 6) is -2.09. The summed E-state index contributed by atoms with van der Waals surface area (Å²) >= 11 is 3.94. The van der Waals surface area contributed by atoms with E-state index in [1.165, 1.54) is 25.9 Å². The molecule has 6 nitrogen and oxygen atoms in total. The van der Waals surface area contributed by atoms with E-state index in [-0.39, 0.29) is 5.75 Å². The molecule has 0 aliphatic carbocycles. The minimum Gasteiger partial charge on any atom is -0.467 e. The van der Waals surface area contributed by atoms with Crippen molar-refractivity contribution >= 4 is 30.4 Å². The summed E-state index contributed by atoms with van der Waals surface area (Å²) in [4.78, 5) is 35.7. The van der Waals surface area contributed by atoms with Crippen LogP contribution in [0, 0.1) is 0 Å². The number of amides is 2. The van der Waals surface area contributed by atoms with Crippen LogP contribution in [-0.2, 0) is 19.1 Å². The third kappa shape index (κ3) is 2.88. The van der Waals surface area contributed by atoms with Crippen LogP contribution in [0.4, 0.5) is 0 Å². The van der Waals surface area contributed by atoms with Gasteiger partial charge in [0.2, 0.25) is 11.4 Å².